The van der Waals surface area contributed by atoms with Crippen LogP contribution in [-0.2, 0) is 23.9 Å². The molecule has 0 spiro atoms. The van der Waals surface area contributed by atoms with Crippen molar-refractivity contribution in [1.29, 1.82) is 0 Å². The number of ether oxygens (including phenoxy) is 2. The first-order valence-electron chi connectivity index (χ1n) is 7.60. The molecule has 0 unspecified atom stereocenters. The van der Waals surface area contributed by atoms with E-state index in [2.05, 4.69) is 32.5 Å². The van der Waals surface area contributed by atoms with Crippen LogP contribution >= 0.6 is 0 Å². The van der Waals surface area contributed by atoms with Crippen molar-refractivity contribution in [3.05, 3.63) is 18.6 Å². The van der Waals surface area contributed by atoms with Gasteiger partial charge in [0.2, 0.25) is 5.91 Å². The lowest BCUT2D eigenvalue weighted by Crippen LogP contribution is -2.41. The normalized spacial score (nSPS) is 14.7. The maximum Gasteiger partial charge on any atom is 0.254 e. The zero-order valence-electron chi connectivity index (χ0n) is 14.0. The highest BCUT2D eigenvalue weighted by Crippen LogP contribution is 2.16. The maximum atomic E-state index is 11.6. The van der Waals surface area contributed by atoms with E-state index >= 15 is 0 Å². The van der Waals surface area contributed by atoms with Gasteiger partial charge >= 0.3 is 0 Å². The number of hydrogen-bond acceptors (Lipinski definition) is 5. The third-order valence-corrected chi connectivity index (χ3v) is 2.96. The molecule has 1 N–H and O–H groups in total. The second-order valence-electron chi connectivity index (χ2n) is 6.20. The van der Waals surface area contributed by atoms with E-state index in [4.69, 9.17) is 9.47 Å². The van der Waals surface area contributed by atoms with Crippen LogP contribution in [0, 0.1) is 11.8 Å². The van der Waals surface area contributed by atoms with Gasteiger partial charge in [-0.2, -0.15) is 0 Å². The van der Waals surface area contributed by atoms with Gasteiger partial charge in [-0.15, -0.1) is 0 Å². The first kappa shape index (κ1) is 19.3. The summed E-state index contributed by atoms with van der Waals surface area (Å²) < 4.78 is 10.7. The quantitative estimate of drug-likeness (QED) is 0.462. The summed E-state index contributed by atoms with van der Waals surface area (Å²) in [5.74, 6) is -1.33. The van der Waals surface area contributed by atoms with Crippen molar-refractivity contribution < 1.29 is 23.9 Å². The monoisotopic (exact) mass is 325 g/mol. The van der Waals surface area contributed by atoms with Gasteiger partial charge in [-0.3, -0.25) is 19.3 Å². The molecule has 7 heteroatoms. The molecule has 3 amide bonds. The van der Waals surface area contributed by atoms with Gasteiger partial charge in [-0.25, -0.2) is 0 Å². The minimum atomic E-state index is -0.467. The second-order valence-corrected chi connectivity index (χ2v) is 6.20. The lowest BCUT2D eigenvalue weighted by Gasteiger charge is -2.17. The Bertz CT molecular complexity index is 436. The Morgan fingerprint density at radius 3 is 2.35 bits per heavy atom. The molecule has 0 saturated carbocycles. The van der Waals surface area contributed by atoms with Gasteiger partial charge in [0.25, 0.3) is 11.8 Å². The molecule has 0 aromatic heterocycles. The molecule has 0 bridgehead atoms. The average molecular weight is 325 g/mol. The molecule has 129 valence electrons. The standard InChI is InChI=1S/C16H25N2O5/c1-16(2,3)6-8-22-10-11-23-9-7-17-13(19)12-18-14(20)4-5-15(18)21/h4-6H,7-12H2,1-3H3,(H,17,19). The highest BCUT2D eigenvalue weighted by Gasteiger charge is 2.25. The van der Waals surface area contributed by atoms with Crippen LogP contribution in [0.4, 0.5) is 0 Å². The Labute approximate surface area is 137 Å². The minimum Gasteiger partial charge on any atom is -0.379 e. The summed E-state index contributed by atoms with van der Waals surface area (Å²) in [6.45, 7) is 8.23. The van der Waals surface area contributed by atoms with Gasteiger partial charge in [0.05, 0.1) is 26.4 Å². The lowest BCUT2D eigenvalue weighted by atomic mass is 9.93. The molecule has 0 fully saturated rings. The Balaban J connectivity index is 1.96. The molecule has 1 rings (SSSR count). The molecule has 1 radical (unpaired) electrons. The van der Waals surface area contributed by atoms with Gasteiger partial charge in [0, 0.05) is 18.7 Å². The third kappa shape index (κ3) is 8.47. The summed E-state index contributed by atoms with van der Waals surface area (Å²) in [6.07, 6.45) is 4.38. The molecule has 7 nitrogen and oxygen atoms in total. The number of hydrogen-bond donors (Lipinski definition) is 1. The highest BCUT2D eigenvalue weighted by molar-refractivity contribution is 6.14. The molecule has 1 aliphatic heterocycles. The number of rotatable bonds is 10. The highest BCUT2D eigenvalue weighted by atomic mass is 16.5. The number of nitrogens with zero attached hydrogens (tertiary/aromatic N) is 1. The molecule has 0 aromatic carbocycles. The van der Waals surface area contributed by atoms with Crippen molar-refractivity contribution in [3.8, 4) is 0 Å². The Morgan fingerprint density at radius 1 is 1.13 bits per heavy atom. The Kier molecular flexibility index (Phi) is 7.91. The fourth-order valence-corrected chi connectivity index (χ4v) is 1.66. The predicted molar refractivity (Wildman–Crippen MR) is 84.3 cm³/mol. The van der Waals surface area contributed by atoms with Gasteiger partial charge in [0.1, 0.15) is 6.54 Å². The van der Waals surface area contributed by atoms with Crippen molar-refractivity contribution in [2.75, 3.05) is 39.5 Å². The second kappa shape index (κ2) is 9.42. The van der Waals surface area contributed by atoms with Crippen LogP contribution in [0.5, 0.6) is 0 Å². The van der Waals surface area contributed by atoms with Crippen LogP contribution < -0.4 is 5.32 Å². The maximum absolute atomic E-state index is 11.6. The zero-order chi connectivity index (χ0) is 17.3. The van der Waals surface area contributed by atoms with Gasteiger partial charge < -0.3 is 14.8 Å². The minimum absolute atomic E-state index is 0.138. The van der Waals surface area contributed by atoms with Crippen LogP contribution in [-0.4, -0.2) is 62.1 Å². The molecule has 23 heavy (non-hydrogen) atoms. The molecule has 0 saturated heterocycles. The Hall–Kier alpha value is -1.73. The predicted octanol–water partition coefficient (Wildman–Crippen LogP) is 0.311. The molecular formula is C16H25N2O5. The largest absolute Gasteiger partial charge is 0.379 e. The van der Waals surface area contributed by atoms with E-state index in [0.29, 0.717) is 33.0 Å². The molecule has 0 aliphatic carbocycles. The van der Waals surface area contributed by atoms with Crippen LogP contribution in [0.1, 0.15) is 20.8 Å². The van der Waals surface area contributed by atoms with E-state index in [1.807, 2.05) is 0 Å². The van der Waals surface area contributed by atoms with Crippen LogP contribution in [0.2, 0.25) is 0 Å². The first-order valence-corrected chi connectivity index (χ1v) is 7.60. The molecule has 1 heterocycles. The summed E-state index contributed by atoms with van der Waals surface area (Å²) in [5.41, 5.74) is 0.138. The van der Waals surface area contributed by atoms with E-state index in [9.17, 15) is 14.4 Å². The van der Waals surface area contributed by atoms with E-state index in [0.717, 1.165) is 17.1 Å². The number of amides is 3. The van der Waals surface area contributed by atoms with Crippen molar-refractivity contribution >= 4 is 17.7 Å². The van der Waals surface area contributed by atoms with E-state index in [1.165, 1.54) is 0 Å². The number of carbonyl (C=O) groups excluding carboxylic acids is 3. The van der Waals surface area contributed by atoms with Crippen LogP contribution in [0.25, 0.3) is 0 Å². The molecule has 0 atom stereocenters. The van der Waals surface area contributed by atoms with Crippen LogP contribution in [0.3, 0.4) is 0 Å². The molecule has 0 aromatic rings. The van der Waals surface area contributed by atoms with Gasteiger partial charge in [0.15, 0.2) is 0 Å². The smallest absolute Gasteiger partial charge is 0.254 e. The van der Waals surface area contributed by atoms with Crippen molar-refractivity contribution in [3.63, 3.8) is 0 Å². The van der Waals surface area contributed by atoms with Crippen molar-refractivity contribution in [1.82, 2.24) is 10.2 Å². The SMILES string of the molecule is CC(C)(C)[CH]COCCOCCNC(=O)CN1C(=O)C=CC1=O. The van der Waals surface area contributed by atoms with E-state index in [1.54, 1.807) is 0 Å². The first-order chi connectivity index (χ1) is 10.8. The number of nitrogens with one attached hydrogen (secondary N) is 1. The fraction of sp³-hybridized carbons (Fsp3) is 0.625. The average Bonchev–Trinajstić information content (AvgIpc) is 2.76. The van der Waals surface area contributed by atoms with Crippen molar-refractivity contribution in [2.24, 2.45) is 5.41 Å². The fourth-order valence-electron chi connectivity index (χ4n) is 1.66. The zero-order valence-corrected chi connectivity index (χ0v) is 14.0. The lowest BCUT2D eigenvalue weighted by molar-refractivity contribution is -0.141. The summed E-state index contributed by atoms with van der Waals surface area (Å²) in [4.78, 5) is 35.0. The number of carbonyl (C=O) groups is 3. The van der Waals surface area contributed by atoms with E-state index in [-0.39, 0.29) is 12.0 Å². The van der Waals surface area contributed by atoms with Gasteiger partial charge in [-0.1, -0.05) is 20.8 Å². The van der Waals surface area contributed by atoms with E-state index < -0.39 is 17.7 Å². The molecular weight excluding hydrogens is 300 g/mol. The topological polar surface area (TPSA) is 84.9 Å². The third-order valence-electron chi connectivity index (χ3n) is 2.96. The molecule has 1 aliphatic rings. The number of imide groups is 1. The van der Waals surface area contributed by atoms with Crippen molar-refractivity contribution in [2.45, 2.75) is 20.8 Å². The summed E-state index contributed by atoms with van der Waals surface area (Å²) in [7, 11) is 0. The van der Waals surface area contributed by atoms with Crippen LogP contribution in [0.15, 0.2) is 12.2 Å². The Morgan fingerprint density at radius 2 is 1.74 bits per heavy atom. The summed E-state index contributed by atoms with van der Waals surface area (Å²) in [6, 6.07) is 0. The summed E-state index contributed by atoms with van der Waals surface area (Å²) in [5, 5.41) is 2.59. The summed E-state index contributed by atoms with van der Waals surface area (Å²) >= 11 is 0. The van der Waals surface area contributed by atoms with Gasteiger partial charge in [-0.05, 0) is 11.8 Å².